The fourth-order valence-corrected chi connectivity index (χ4v) is 3.57. The molecule has 7 heteroatoms. The molecule has 1 aromatic carbocycles. The third-order valence-electron chi connectivity index (χ3n) is 5.43. The maximum absolute atomic E-state index is 13.0. The van der Waals surface area contributed by atoms with Gasteiger partial charge >= 0.3 is 0 Å². The molecule has 0 spiro atoms. The van der Waals surface area contributed by atoms with Crippen molar-refractivity contribution in [1.82, 2.24) is 4.90 Å². The van der Waals surface area contributed by atoms with Crippen molar-refractivity contribution in [3.8, 4) is 17.6 Å². The van der Waals surface area contributed by atoms with E-state index in [0.29, 0.717) is 35.9 Å². The lowest BCUT2D eigenvalue weighted by Gasteiger charge is -2.27. The first-order valence-electron chi connectivity index (χ1n) is 11.6. The minimum atomic E-state index is -0.591. The van der Waals surface area contributed by atoms with Crippen LogP contribution in [0.2, 0.25) is 0 Å². The number of rotatable bonds is 13. The first-order valence-corrected chi connectivity index (χ1v) is 11.6. The molecule has 0 aromatic heterocycles. The number of benzene rings is 1. The van der Waals surface area contributed by atoms with Crippen LogP contribution in [0.3, 0.4) is 0 Å². The van der Waals surface area contributed by atoms with Gasteiger partial charge in [-0.05, 0) is 49.6 Å². The van der Waals surface area contributed by atoms with Gasteiger partial charge in [0.1, 0.15) is 11.6 Å². The van der Waals surface area contributed by atoms with Crippen LogP contribution in [-0.4, -0.2) is 50.2 Å². The smallest absolute Gasteiger partial charge is 0.271 e. The molecule has 0 radical (unpaired) electrons. The third-order valence-corrected chi connectivity index (χ3v) is 5.43. The standard InChI is InChI=1S/C26H34N2O5/c1-5-7-8-9-10-14-33-23-12-11-20(17-24(23)32-6-2)16-21-19(3)22(18-27)26(30)28(25(21)29)13-15-31-4/h11-12,16-17H,5-10,13-15H2,1-4H3/b21-16+. The van der Waals surface area contributed by atoms with Gasteiger partial charge in [-0.1, -0.05) is 38.7 Å². The van der Waals surface area contributed by atoms with Gasteiger partial charge in [-0.15, -0.1) is 0 Å². The van der Waals surface area contributed by atoms with E-state index in [0.717, 1.165) is 23.3 Å². The van der Waals surface area contributed by atoms with Gasteiger partial charge in [0.2, 0.25) is 0 Å². The zero-order valence-corrected chi connectivity index (χ0v) is 20.1. The zero-order chi connectivity index (χ0) is 24.2. The van der Waals surface area contributed by atoms with Gasteiger partial charge in [0, 0.05) is 12.7 Å². The first-order chi connectivity index (χ1) is 16.0. The van der Waals surface area contributed by atoms with Gasteiger partial charge in [0.15, 0.2) is 11.5 Å². The fourth-order valence-electron chi connectivity index (χ4n) is 3.57. The summed E-state index contributed by atoms with van der Waals surface area (Å²) in [6.07, 6.45) is 7.45. The maximum atomic E-state index is 13.0. The number of amides is 2. The minimum absolute atomic E-state index is 0.0370. The van der Waals surface area contributed by atoms with Gasteiger partial charge in [0.05, 0.1) is 26.4 Å². The predicted octanol–water partition coefficient (Wildman–Crippen LogP) is 4.67. The highest BCUT2D eigenvalue weighted by molar-refractivity contribution is 6.19. The number of methoxy groups -OCH3 is 1. The van der Waals surface area contributed by atoms with Crippen LogP contribution in [0.15, 0.2) is 34.9 Å². The summed E-state index contributed by atoms with van der Waals surface area (Å²) in [6.45, 7) is 7.08. The molecule has 2 rings (SSSR count). The van der Waals surface area contributed by atoms with Crippen LogP contribution in [0.25, 0.3) is 6.08 Å². The van der Waals surface area contributed by atoms with Crippen LogP contribution >= 0.6 is 0 Å². The monoisotopic (exact) mass is 454 g/mol. The number of hydrogen-bond acceptors (Lipinski definition) is 6. The van der Waals surface area contributed by atoms with E-state index >= 15 is 0 Å². The number of carbonyl (C=O) groups excluding carboxylic acids is 2. The van der Waals surface area contributed by atoms with Crippen molar-refractivity contribution >= 4 is 17.9 Å². The quantitative estimate of drug-likeness (QED) is 0.244. The molecule has 2 amide bonds. The summed E-state index contributed by atoms with van der Waals surface area (Å²) in [7, 11) is 1.49. The SMILES string of the molecule is CCCCCCCOc1ccc(/C=C2/C(=O)N(CCOC)C(=O)C(C#N)=C2C)cc1OCC. The number of carbonyl (C=O) groups is 2. The summed E-state index contributed by atoms with van der Waals surface area (Å²) >= 11 is 0. The molecule has 7 nitrogen and oxygen atoms in total. The molecule has 0 atom stereocenters. The summed E-state index contributed by atoms with van der Waals surface area (Å²) in [6, 6.07) is 7.42. The van der Waals surface area contributed by atoms with E-state index in [9.17, 15) is 14.9 Å². The Kier molecular flexibility index (Phi) is 10.6. The first kappa shape index (κ1) is 26.1. The van der Waals surface area contributed by atoms with E-state index in [1.165, 1.54) is 26.4 Å². The lowest BCUT2D eigenvalue weighted by atomic mass is 9.93. The van der Waals surface area contributed by atoms with Crippen LogP contribution in [0.1, 0.15) is 58.4 Å². The summed E-state index contributed by atoms with van der Waals surface area (Å²) in [5, 5.41) is 9.48. The normalized spacial score (nSPS) is 15.2. The molecule has 1 aliphatic rings. The Bertz CT molecular complexity index is 942. The Morgan fingerprint density at radius 1 is 1.00 bits per heavy atom. The average Bonchev–Trinajstić information content (AvgIpc) is 2.80. The van der Waals surface area contributed by atoms with Crippen molar-refractivity contribution in [2.45, 2.75) is 52.9 Å². The number of ether oxygens (including phenoxy) is 3. The van der Waals surface area contributed by atoms with Crippen LogP contribution < -0.4 is 9.47 Å². The van der Waals surface area contributed by atoms with Crippen molar-refractivity contribution in [3.63, 3.8) is 0 Å². The lowest BCUT2D eigenvalue weighted by Crippen LogP contribution is -2.44. The number of unbranched alkanes of at least 4 members (excludes halogenated alkanes) is 4. The van der Waals surface area contributed by atoms with Crippen LogP contribution in [0.5, 0.6) is 11.5 Å². The number of nitrogens with zero attached hydrogens (tertiary/aromatic N) is 2. The topological polar surface area (TPSA) is 88.9 Å². The summed E-state index contributed by atoms with van der Waals surface area (Å²) in [4.78, 5) is 26.6. The molecule has 1 heterocycles. The molecule has 0 aliphatic carbocycles. The second-order valence-electron chi connectivity index (χ2n) is 7.83. The Balaban J connectivity index is 2.29. The molecule has 0 saturated carbocycles. The summed E-state index contributed by atoms with van der Waals surface area (Å²) < 4.78 is 16.7. The molecule has 0 fully saturated rings. The molecular formula is C26H34N2O5. The van der Waals surface area contributed by atoms with Crippen molar-refractivity contribution in [2.75, 3.05) is 33.5 Å². The molecule has 1 aromatic rings. The van der Waals surface area contributed by atoms with E-state index in [4.69, 9.17) is 14.2 Å². The highest BCUT2D eigenvalue weighted by atomic mass is 16.5. The van der Waals surface area contributed by atoms with Crippen molar-refractivity contribution in [1.29, 1.82) is 5.26 Å². The van der Waals surface area contributed by atoms with E-state index in [-0.39, 0.29) is 18.7 Å². The van der Waals surface area contributed by atoms with E-state index in [1.807, 2.05) is 31.2 Å². The largest absolute Gasteiger partial charge is 0.490 e. The zero-order valence-electron chi connectivity index (χ0n) is 20.1. The van der Waals surface area contributed by atoms with E-state index in [2.05, 4.69) is 6.92 Å². The third kappa shape index (κ3) is 6.93. The average molecular weight is 455 g/mol. The molecule has 0 saturated heterocycles. The molecule has 1 aliphatic heterocycles. The van der Waals surface area contributed by atoms with Gasteiger partial charge in [-0.3, -0.25) is 14.5 Å². The second-order valence-corrected chi connectivity index (χ2v) is 7.83. The molecule has 33 heavy (non-hydrogen) atoms. The van der Waals surface area contributed by atoms with Crippen molar-refractivity contribution in [2.24, 2.45) is 0 Å². The Morgan fingerprint density at radius 3 is 2.42 bits per heavy atom. The molecular weight excluding hydrogens is 420 g/mol. The number of imide groups is 1. The Morgan fingerprint density at radius 2 is 1.76 bits per heavy atom. The lowest BCUT2D eigenvalue weighted by molar-refractivity contribution is -0.141. The maximum Gasteiger partial charge on any atom is 0.271 e. The van der Waals surface area contributed by atoms with Crippen molar-refractivity contribution in [3.05, 3.63) is 40.5 Å². The predicted molar refractivity (Wildman–Crippen MR) is 127 cm³/mol. The van der Waals surface area contributed by atoms with Gasteiger partial charge in [-0.2, -0.15) is 5.26 Å². The number of hydrogen-bond donors (Lipinski definition) is 0. The van der Waals surface area contributed by atoms with Gasteiger partial charge < -0.3 is 14.2 Å². The highest BCUT2D eigenvalue weighted by Gasteiger charge is 2.35. The van der Waals surface area contributed by atoms with Crippen molar-refractivity contribution < 1.29 is 23.8 Å². The number of nitriles is 1. The summed E-state index contributed by atoms with van der Waals surface area (Å²) in [5.74, 6) is 0.218. The van der Waals surface area contributed by atoms with E-state index < -0.39 is 11.8 Å². The molecule has 0 bridgehead atoms. The minimum Gasteiger partial charge on any atom is -0.490 e. The Hall–Kier alpha value is -3.11. The van der Waals surface area contributed by atoms with Gasteiger partial charge in [0.25, 0.3) is 11.8 Å². The highest BCUT2D eigenvalue weighted by Crippen LogP contribution is 2.32. The van der Waals surface area contributed by atoms with Gasteiger partial charge in [-0.25, -0.2) is 0 Å². The van der Waals surface area contributed by atoms with E-state index in [1.54, 1.807) is 13.0 Å². The Labute approximate surface area is 196 Å². The van der Waals surface area contributed by atoms with Crippen LogP contribution in [0, 0.1) is 11.3 Å². The van der Waals surface area contributed by atoms with Crippen LogP contribution in [-0.2, 0) is 14.3 Å². The molecule has 178 valence electrons. The second kappa shape index (κ2) is 13.4. The fraction of sp³-hybridized carbons (Fsp3) is 0.500. The summed E-state index contributed by atoms with van der Waals surface area (Å²) in [5.41, 5.74) is 1.35. The van der Waals surface area contributed by atoms with Crippen LogP contribution in [0.4, 0.5) is 0 Å². The molecule has 0 N–H and O–H groups in total. The molecule has 0 unspecified atom stereocenters.